The SMILES string of the molecule is NNc1ccncc1C(=O)NC1CCCCCC1. The van der Waals surface area contributed by atoms with E-state index in [9.17, 15) is 4.79 Å². The van der Waals surface area contributed by atoms with E-state index in [0.29, 0.717) is 11.3 Å². The molecule has 2 rings (SSSR count). The van der Waals surface area contributed by atoms with Gasteiger partial charge in [0.15, 0.2) is 0 Å². The number of anilines is 1. The molecule has 18 heavy (non-hydrogen) atoms. The summed E-state index contributed by atoms with van der Waals surface area (Å²) in [4.78, 5) is 16.1. The predicted octanol–water partition coefficient (Wildman–Crippen LogP) is 1.82. The summed E-state index contributed by atoms with van der Waals surface area (Å²) in [6, 6.07) is 1.98. The van der Waals surface area contributed by atoms with E-state index in [4.69, 9.17) is 5.84 Å². The summed E-state index contributed by atoms with van der Waals surface area (Å²) >= 11 is 0. The van der Waals surface area contributed by atoms with Crippen LogP contribution in [0.25, 0.3) is 0 Å². The molecule has 1 heterocycles. The Balaban J connectivity index is 2.02. The topological polar surface area (TPSA) is 80.0 Å². The van der Waals surface area contributed by atoms with E-state index < -0.39 is 0 Å². The van der Waals surface area contributed by atoms with Gasteiger partial charge in [0.25, 0.3) is 5.91 Å². The zero-order valence-corrected chi connectivity index (χ0v) is 10.5. The third-order valence-electron chi connectivity index (χ3n) is 3.41. The third kappa shape index (κ3) is 3.20. The number of rotatable bonds is 3. The molecular formula is C13H20N4O. The lowest BCUT2D eigenvalue weighted by Crippen LogP contribution is -2.35. The van der Waals surface area contributed by atoms with Gasteiger partial charge in [0.2, 0.25) is 0 Å². The molecule has 1 amide bonds. The van der Waals surface area contributed by atoms with Crippen molar-refractivity contribution in [3.8, 4) is 0 Å². The summed E-state index contributed by atoms with van der Waals surface area (Å²) in [6.07, 6.45) is 10.2. The first-order chi connectivity index (χ1) is 8.81. The lowest BCUT2D eigenvalue weighted by atomic mass is 10.1. The Morgan fingerprint density at radius 3 is 2.67 bits per heavy atom. The first kappa shape index (κ1) is 12.8. The normalized spacial score (nSPS) is 16.9. The van der Waals surface area contributed by atoms with E-state index in [1.165, 1.54) is 25.7 Å². The first-order valence-corrected chi connectivity index (χ1v) is 6.53. The maximum atomic E-state index is 12.2. The molecule has 0 unspecified atom stereocenters. The van der Waals surface area contributed by atoms with E-state index in [-0.39, 0.29) is 11.9 Å². The fourth-order valence-corrected chi connectivity index (χ4v) is 2.39. The van der Waals surface area contributed by atoms with Gasteiger partial charge in [-0.2, -0.15) is 0 Å². The number of nitrogens with zero attached hydrogens (tertiary/aromatic N) is 1. The summed E-state index contributed by atoms with van der Waals surface area (Å²) in [5.41, 5.74) is 3.64. The number of pyridine rings is 1. The molecule has 5 nitrogen and oxygen atoms in total. The van der Waals surface area contributed by atoms with Crippen LogP contribution in [-0.2, 0) is 0 Å². The van der Waals surface area contributed by atoms with Crippen molar-refractivity contribution in [2.75, 3.05) is 5.43 Å². The van der Waals surface area contributed by atoms with Gasteiger partial charge in [0.05, 0.1) is 11.3 Å². The molecule has 0 aromatic carbocycles. The van der Waals surface area contributed by atoms with Crippen LogP contribution in [-0.4, -0.2) is 16.9 Å². The maximum Gasteiger partial charge on any atom is 0.255 e. The zero-order chi connectivity index (χ0) is 12.8. The number of amides is 1. The largest absolute Gasteiger partial charge is 0.349 e. The smallest absolute Gasteiger partial charge is 0.255 e. The molecule has 0 radical (unpaired) electrons. The van der Waals surface area contributed by atoms with Crippen LogP contribution in [0.1, 0.15) is 48.9 Å². The summed E-state index contributed by atoms with van der Waals surface area (Å²) in [6.45, 7) is 0. The minimum Gasteiger partial charge on any atom is -0.349 e. The van der Waals surface area contributed by atoms with Crippen molar-refractivity contribution in [3.05, 3.63) is 24.0 Å². The van der Waals surface area contributed by atoms with Crippen molar-refractivity contribution in [3.63, 3.8) is 0 Å². The highest BCUT2D eigenvalue weighted by molar-refractivity contribution is 5.99. The standard InChI is InChI=1S/C13H20N4O/c14-17-12-7-8-15-9-11(12)13(18)16-10-5-3-1-2-4-6-10/h7-10H,1-6,14H2,(H,15,17)(H,16,18). The fraction of sp³-hybridized carbons (Fsp3) is 0.538. The number of nitrogens with two attached hydrogens (primary N) is 1. The Kier molecular flexibility index (Phi) is 4.52. The van der Waals surface area contributed by atoms with Crippen LogP contribution >= 0.6 is 0 Å². The van der Waals surface area contributed by atoms with Gasteiger partial charge in [-0.05, 0) is 18.9 Å². The van der Waals surface area contributed by atoms with Gasteiger partial charge in [0, 0.05) is 18.4 Å². The number of hydrogen-bond donors (Lipinski definition) is 3. The average Bonchev–Trinajstić information content (AvgIpc) is 2.67. The molecule has 5 heteroatoms. The van der Waals surface area contributed by atoms with E-state index in [1.807, 2.05) is 0 Å². The Bertz CT molecular complexity index is 400. The van der Waals surface area contributed by atoms with Crippen molar-refractivity contribution >= 4 is 11.6 Å². The number of carbonyl (C=O) groups is 1. The minimum atomic E-state index is -0.0945. The van der Waals surface area contributed by atoms with Gasteiger partial charge in [-0.15, -0.1) is 0 Å². The molecule has 0 spiro atoms. The molecule has 0 atom stereocenters. The monoisotopic (exact) mass is 248 g/mol. The Morgan fingerprint density at radius 2 is 2.00 bits per heavy atom. The fourth-order valence-electron chi connectivity index (χ4n) is 2.39. The lowest BCUT2D eigenvalue weighted by Gasteiger charge is -2.17. The highest BCUT2D eigenvalue weighted by atomic mass is 16.1. The van der Waals surface area contributed by atoms with Crippen LogP contribution in [0.4, 0.5) is 5.69 Å². The van der Waals surface area contributed by atoms with Gasteiger partial charge >= 0.3 is 0 Å². The van der Waals surface area contributed by atoms with Crippen molar-refractivity contribution in [2.24, 2.45) is 5.84 Å². The van der Waals surface area contributed by atoms with E-state index in [1.54, 1.807) is 18.5 Å². The molecule has 1 aliphatic rings. The van der Waals surface area contributed by atoms with Crippen LogP contribution in [0.2, 0.25) is 0 Å². The molecule has 1 aromatic heterocycles. The number of nitrogens with one attached hydrogen (secondary N) is 2. The van der Waals surface area contributed by atoms with Crippen molar-refractivity contribution in [1.82, 2.24) is 10.3 Å². The Labute approximate surface area is 107 Å². The lowest BCUT2D eigenvalue weighted by molar-refractivity contribution is 0.0934. The van der Waals surface area contributed by atoms with Gasteiger partial charge in [-0.25, -0.2) is 0 Å². The molecule has 4 N–H and O–H groups in total. The quantitative estimate of drug-likeness (QED) is 0.433. The van der Waals surface area contributed by atoms with Crippen LogP contribution in [0.3, 0.4) is 0 Å². The van der Waals surface area contributed by atoms with Crippen LogP contribution in [0.5, 0.6) is 0 Å². The minimum absolute atomic E-state index is 0.0945. The van der Waals surface area contributed by atoms with Gasteiger partial charge in [-0.3, -0.25) is 15.6 Å². The second kappa shape index (κ2) is 6.35. The Hall–Kier alpha value is -1.62. The Morgan fingerprint density at radius 1 is 1.28 bits per heavy atom. The van der Waals surface area contributed by atoms with Crippen LogP contribution in [0, 0.1) is 0 Å². The van der Waals surface area contributed by atoms with Crippen molar-refractivity contribution in [2.45, 2.75) is 44.6 Å². The van der Waals surface area contributed by atoms with E-state index >= 15 is 0 Å². The maximum absolute atomic E-state index is 12.2. The summed E-state index contributed by atoms with van der Waals surface area (Å²) < 4.78 is 0. The van der Waals surface area contributed by atoms with Gasteiger partial charge in [-0.1, -0.05) is 25.7 Å². The highest BCUT2D eigenvalue weighted by Gasteiger charge is 2.17. The van der Waals surface area contributed by atoms with Gasteiger partial charge in [0.1, 0.15) is 0 Å². The van der Waals surface area contributed by atoms with E-state index in [0.717, 1.165) is 12.8 Å². The third-order valence-corrected chi connectivity index (χ3v) is 3.41. The number of nitrogen functional groups attached to an aromatic ring is 1. The molecule has 0 aliphatic heterocycles. The molecule has 0 saturated heterocycles. The number of aromatic nitrogens is 1. The summed E-state index contributed by atoms with van der Waals surface area (Å²) in [7, 11) is 0. The molecule has 1 fully saturated rings. The zero-order valence-electron chi connectivity index (χ0n) is 10.5. The number of hydrazine groups is 1. The number of hydrogen-bond acceptors (Lipinski definition) is 4. The van der Waals surface area contributed by atoms with Crippen molar-refractivity contribution in [1.29, 1.82) is 0 Å². The highest BCUT2D eigenvalue weighted by Crippen LogP contribution is 2.18. The predicted molar refractivity (Wildman–Crippen MR) is 71.0 cm³/mol. The molecule has 98 valence electrons. The first-order valence-electron chi connectivity index (χ1n) is 6.53. The van der Waals surface area contributed by atoms with Crippen molar-refractivity contribution < 1.29 is 4.79 Å². The molecular weight excluding hydrogens is 228 g/mol. The molecule has 1 aliphatic carbocycles. The van der Waals surface area contributed by atoms with Crippen LogP contribution in [0.15, 0.2) is 18.5 Å². The average molecular weight is 248 g/mol. The molecule has 1 aromatic rings. The molecule has 0 bridgehead atoms. The molecule has 1 saturated carbocycles. The second-order valence-corrected chi connectivity index (χ2v) is 4.73. The summed E-state index contributed by atoms with van der Waals surface area (Å²) in [5.74, 6) is 5.29. The van der Waals surface area contributed by atoms with Crippen LogP contribution < -0.4 is 16.6 Å². The number of carbonyl (C=O) groups excluding carboxylic acids is 1. The van der Waals surface area contributed by atoms with E-state index in [2.05, 4.69) is 15.7 Å². The summed E-state index contributed by atoms with van der Waals surface area (Å²) in [5, 5.41) is 3.08. The second-order valence-electron chi connectivity index (χ2n) is 4.73. The van der Waals surface area contributed by atoms with Gasteiger partial charge < -0.3 is 10.7 Å².